The van der Waals surface area contributed by atoms with E-state index in [-0.39, 0.29) is 16.3 Å². The third-order valence-electron chi connectivity index (χ3n) is 2.73. The van der Waals surface area contributed by atoms with Crippen molar-refractivity contribution in [2.24, 2.45) is 5.84 Å². The van der Waals surface area contributed by atoms with Crippen LogP contribution < -0.4 is 20.7 Å². The fraction of sp³-hybridized carbons (Fsp3) is 0.0769. The highest BCUT2D eigenvalue weighted by atomic mass is 32.2. The average molecular weight is 311 g/mol. The lowest BCUT2D eigenvalue weighted by atomic mass is 10.3. The topological polar surface area (TPSA) is 93.4 Å². The number of nitrogen functional groups attached to an aromatic ring is 1. The molecule has 0 saturated carbocycles. The summed E-state index contributed by atoms with van der Waals surface area (Å²) in [7, 11) is -2.47. The zero-order valence-corrected chi connectivity index (χ0v) is 11.9. The van der Waals surface area contributed by atoms with Gasteiger partial charge in [-0.3, -0.25) is 10.6 Å². The maximum absolute atomic E-state index is 13.3. The van der Waals surface area contributed by atoms with E-state index in [1.165, 1.54) is 43.5 Å². The van der Waals surface area contributed by atoms with Gasteiger partial charge in [0.2, 0.25) is 0 Å². The number of rotatable bonds is 5. The SMILES string of the molecule is COc1cc(NS(=O)(=O)c2ccc(NN)cc2)ccc1F. The minimum absolute atomic E-state index is 0.0436. The molecule has 0 heterocycles. The molecule has 0 saturated heterocycles. The molecule has 0 bridgehead atoms. The number of ether oxygens (including phenoxy) is 1. The van der Waals surface area contributed by atoms with Crippen LogP contribution in [0.25, 0.3) is 0 Å². The molecule has 112 valence electrons. The summed E-state index contributed by atoms with van der Waals surface area (Å²) < 4.78 is 44.8. The van der Waals surface area contributed by atoms with Crippen LogP contribution in [0.2, 0.25) is 0 Å². The second-order valence-electron chi connectivity index (χ2n) is 4.12. The molecular formula is C13H14FN3O3S. The minimum atomic E-state index is -3.77. The van der Waals surface area contributed by atoms with E-state index in [1.807, 2.05) is 0 Å². The Hall–Kier alpha value is -2.32. The monoisotopic (exact) mass is 311 g/mol. The number of sulfonamides is 1. The van der Waals surface area contributed by atoms with E-state index < -0.39 is 15.8 Å². The van der Waals surface area contributed by atoms with Crippen molar-refractivity contribution in [3.63, 3.8) is 0 Å². The van der Waals surface area contributed by atoms with Crippen LogP contribution >= 0.6 is 0 Å². The van der Waals surface area contributed by atoms with Gasteiger partial charge in [-0.2, -0.15) is 0 Å². The molecule has 2 aromatic rings. The fourth-order valence-electron chi connectivity index (χ4n) is 1.67. The molecule has 0 radical (unpaired) electrons. The first kappa shape index (κ1) is 15.1. The zero-order chi connectivity index (χ0) is 15.5. The Morgan fingerprint density at radius 3 is 2.29 bits per heavy atom. The smallest absolute Gasteiger partial charge is 0.261 e. The van der Waals surface area contributed by atoms with Gasteiger partial charge < -0.3 is 10.2 Å². The van der Waals surface area contributed by atoms with Crippen molar-refractivity contribution in [1.82, 2.24) is 0 Å². The molecule has 2 rings (SSSR count). The molecule has 0 unspecified atom stereocenters. The van der Waals surface area contributed by atoms with E-state index in [0.29, 0.717) is 5.69 Å². The van der Waals surface area contributed by atoms with Crippen molar-refractivity contribution in [3.05, 3.63) is 48.3 Å². The lowest BCUT2D eigenvalue weighted by Gasteiger charge is -2.10. The van der Waals surface area contributed by atoms with Crippen LogP contribution in [0.3, 0.4) is 0 Å². The molecule has 0 aromatic heterocycles. The van der Waals surface area contributed by atoms with Gasteiger partial charge in [0.25, 0.3) is 10.0 Å². The molecule has 2 aromatic carbocycles. The molecule has 6 nitrogen and oxygen atoms in total. The minimum Gasteiger partial charge on any atom is -0.494 e. The molecule has 0 spiro atoms. The van der Waals surface area contributed by atoms with Gasteiger partial charge in [-0.05, 0) is 36.4 Å². The lowest BCUT2D eigenvalue weighted by Crippen LogP contribution is -2.13. The van der Waals surface area contributed by atoms with Crippen LogP contribution in [0.4, 0.5) is 15.8 Å². The molecule has 0 atom stereocenters. The van der Waals surface area contributed by atoms with E-state index in [2.05, 4.69) is 10.1 Å². The summed E-state index contributed by atoms with van der Waals surface area (Å²) >= 11 is 0. The first-order valence-electron chi connectivity index (χ1n) is 5.89. The summed E-state index contributed by atoms with van der Waals surface area (Å²) in [5.41, 5.74) is 3.19. The maximum Gasteiger partial charge on any atom is 0.261 e. The maximum atomic E-state index is 13.3. The average Bonchev–Trinajstić information content (AvgIpc) is 2.49. The van der Waals surface area contributed by atoms with Gasteiger partial charge in [-0.15, -0.1) is 0 Å². The van der Waals surface area contributed by atoms with E-state index in [0.717, 1.165) is 6.07 Å². The van der Waals surface area contributed by atoms with Gasteiger partial charge in [0.1, 0.15) is 0 Å². The Labute approximate surface area is 121 Å². The Bertz CT molecular complexity index is 733. The second kappa shape index (κ2) is 5.98. The van der Waals surface area contributed by atoms with Crippen molar-refractivity contribution in [2.45, 2.75) is 4.90 Å². The third-order valence-corrected chi connectivity index (χ3v) is 4.13. The van der Waals surface area contributed by atoms with Crippen molar-refractivity contribution in [1.29, 1.82) is 0 Å². The van der Waals surface area contributed by atoms with Crippen LogP contribution in [0, 0.1) is 5.82 Å². The fourth-order valence-corrected chi connectivity index (χ4v) is 2.72. The first-order chi connectivity index (χ1) is 9.96. The highest BCUT2D eigenvalue weighted by Gasteiger charge is 2.15. The predicted octanol–water partition coefficient (Wildman–Crippen LogP) is 1.92. The van der Waals surface area contributed by atoms with Crippen LogP contribution in [0.1, 0.15) is 0 Å². The molecule has 8 heteroatoms. The third kappa shape index (κ3) is 3.41. The Balaban J connectivity index is 2.28. The Kier molecular flexibility index (Phi) is 4.29. The van der Waals surface area contributed by atoms with Gasteiger partial charge in [0, 0.05) is 11.8 Å². The highest BCUT2D eigenvalue weighted by molar-refractivity contribution is 7.92. The first-order valence-corrected chi connectivity index (χ1v) is 7.37. The van der Waals surface area contributed by atoms with Crippen LogP contribution in [-0.4, -0.2) is 15.5 Å². The summed E-state index contributed by atoms with van der Waals surface area (Å²) in [6.07, 6.45) is 0. The quantitative estimate of drug-likeness (QED) is 0.579. The number of anilines is 2. The van der Waals surface area contributed by atoms with Crippen molar-refractivity contribution in [2.75, 3.05) is 17.3 Å². The second-order valence-corrected chi connectivity index (χ2v) is 5.81. The molecule has 21 heavy (non-hydrogen) atoms. The van der Waals surface area contributed by atoms with E-state index in [1.54, 1.807) is 0 Å². The van der Waals surface area contributed by atoms with E-state index in [9.17, 15) is 12.8 Å². The summed E-state index contributed by atoms with van der Waals surface area (Å²) in [6, 6.07) is 9.56. The number of halogens is 1. The number of methoxy groups -OCH3 is 1. The number of nitrogens with two attached hydrogens (primary N) is 1. The summed E-state index contributed by atoms with van der Waals surface area (Å²) in [4.78, 5) is 0.0600. The number of hydrogen-bond acceptors (Lipinski definition) is 5. The van der Waals surface area contributed by atoms with Gasteiger partial charge in [-0.25, -0.2) is 12.8 Å². The summed E-state index contributed by atoms with van der Waals surface area (Å²) in [5, 5.41) is 0. The number of nitrogens with one attached hydrogen (secondary N) is 2. The van der Waals surface area contributed by atoms with Crippen molar-refractivity contribution >= 4 is 21.4 Å². The van der Waals surface area contributed by atoms with Crippen molar-refractivity contribution in [3.8, 4) is 5.75 Å². The lowest BCUT2D eigenvalue weighted by molar-refractivity contribution is 0.387. The summed E-state index contributed by atoms with van der Waals surface area (Å²) in [5.74, 6) is 4.60. The van der Waals surface area contributed by atoms with E-state index >= 15 is 0 Å². The molecule has 0 amide bonds. The normalized spacial score (nSPS) is 11.0. The predicted molar refractivity (Wildman–Crippen MR) is 78.0 cm³/mol. The Morgan fingerprint density at radius 1 is 1.10 bits per heavy atom. The summed E-state index contributed by atoms with van der Waals surface area (Å²) in [6.45, 7) is 0. The van der Waals surface area contributed by atoms with Crippen molar-refractivity contribution < 1.29 is 17.5 Å². The Morgan fingerprint density at radius 2 is 1.71 bits per heavy atom. The van der Waals surface area contributed by atoms with Gasteiger partial charge >= 0.3 is 0 Å². The van der Waals surface area contributed by atoms with Gasteiger partial charge in [0.05, 0.1) is 17.7 Å². The molecule has 0 aliphatic rings. The van der Waals surface area contributed by atoms with Crippen LogP contribution in [0.15, 0.2) is 47.4 Å². The van der Waals surface area contributed by atoms with Crippen LogP contribution in [-0.2, 0) is 10.0 Å². The molecule has 0 aliphatic heterocycles. The standard InChI is InChI=1S/C13H14FN3O3S/c1-20-13-8-10(4-7-12(13)14)17-21(18,19)11-5-2-9(16-15)3-6-11/h2-8,16-17H,15H2,1H3. The molecule has 0 aliphatic carbocycles. The largest absolute Gasteiger partial charge is 0.494 e. The molecule has 4 N–H and O–H groups in total. The molecular weight excluding hydrogens is 297 g/mol. The zero-order valence-electron chi connectivity index (χ0n) is 11.1. The number of hydrazine groups is 1. The number of hydrogen-bond donors (Lipinski definition) is 3. The van der Waals surface area contributed by atoms with Crippen LogP contribution in [0.5, 0.6) is 5.75 Å². The van der Waals surface area contributed by atoms with Gasteiger partial charge in [0.15, 0.2) is 11.6 Å². The van der Waals surface area contributed by atoms with E-state index in [4.69, 9.17) is 10.6 Å². The molecule has 0 fully saturated rings. The van der Waals surface area contributed by atoms with Gasteiger partial charge in [-0.1, -0.05) is 0 Å². The highest BCUT2D eigenvalue weighted by Crippen LogP contribution is 2.24. The number of benzene rings is 2.